The Bertz CT molecular complexity index is 737. The molecule has 4 nitrogen and oxygen atoms in total. The van der Waals surface area contributed by atoms with Crippen molar-refractivity contribution in [2.45, 2.75) is 0 Å². The zero-order valence-electron chi connectivity index (χ0n) is 11.5. The Morgan fingerprint density at radius 2 is 1.95 bits per heavy atom. The number of methoxy groups -OCH3 is 1. The number of hydrogen-bond donors (Lipinski definition) is 2. The van der Waals surface area contributed by atoms with Gasteiger partial charge in [0.15, 0.2) is 5.13 Å². The molecule has 0 amide bonds. The maximum absolute atomic E-state index is 5.67. The number of nitrogens with two attached hydrogens (primary N) is 1. The lowest BCUT2D eigenvalue weighted by Gasteiger charge is -2.03. The summed E-state index contributed by atoms with van der Waals surface area (Å²) in [6.07, 6.45) is 0. The summed E-state index contributed by atoms with van der Waals surface area (Å²) in [7, 11) is 1.66. The SMILES string of the molecule is COc1cccc(-c2csc(Nc3ccc(N)cc3)n2)c1. The molecule has 0 aliphatic rings. The van der Waals surface area contributed by atoms with Crippen LogP contribution < -0.4 is 15.8 Å². The summed E-state index contributed by atoms with van der Waals surface area (Å²) in [5.41, 5.74) is 9.36. The van der Waals surface area contributed by atoms with E-state index in [2.05, 4.69) is 10.3 Å². The highest BCUT2D eigenvalue weighted by Crippen LogP contribution is 2.29. The number of ether oxygens (including phenoxy) is 1. The Morgan fingerprint density at radius 1 is 1.14 bits per heavy atom. The highest BCUT2D eigenvalue weighted by Gasteiger charge is 2.06. The van der Waals surface area contributed by atoms with Gasteiger partial charge >= 0.3 is 0 Å². The molecule has 0 fully saturated rings. The first-order valence-corrected chi connectivity index (χ1v) is 7.35. The third-order valence-corrected chi connectivity index (χ3v) is 3.79. The van der Waals surface area contributed by atoms with Crippen molar-refractivity contribution in [3.8, 4) is 17.0 Å². The maximum atomic E-state index is 5.67. The molecule has 0 spiro atoms. The lowest BCUT2D eigenvalue weighted by atomic mass is 10.2. The number of thiazole rings is 1. The number of rotatable bonds is 4. The molecule has 0 saturated carbocycles. The molecule has 0 unspecified atom stereocenters. The van der Waals surface area contributed by atoms with Crippen LogP contribution in [0.25, 0.3) is 11.3 Å². The minimum atomic E-state index is 0.747. The largest absolute Gasteiger partial charge is 0.497 e. The summed E-state index contributed by atoms with van der Waals surface area (Å²) in [4.78, 5) is 4.59. The van der Waals surface area contributed by atoms with E-state index in [-0.39, 0.29) is 0 Å². The first-order chi connectivity index (χ1) is 10.2. The first-order valence-electron chi connectivity index (χ1n) is 6.47. The van der Waals surface area contributed by atoms with Gasteiger partial charge in [-0.05, 0) is 36.4 Å². The van der Waals surface area contributed by atoms with Crippen molar-refractivity contribution in [2.24, 2.45) is 0 Å². The lowest BCUT2D eigenvalue weighted by Crippen LogP contribution is -1.91. The Hall–Kier alpha value is -2.53. The lowest BCUT2D eigenvalue weighted by molar-refractivity contribution is 0.415. The fourth-order valence-electron chi connectivity index (χ4n) is 1.94. The van der Waals surface area contributed by atoms with Crippen LogP contribution in [0.5, 0.6) is 5.75 Å². The molecule has 21 heavy (non-hydrogen) atoms. The van der Waals surface area contributed by atoms with Crippen LogP contribution in [0.2, 0.25) is 0 Å². The van der Waals surface area contributed by atoms with E-state index in [0.717, 1.165) is 33.5 Å². The quantitative estimate of drug-likeness (QED) is 0.710. The zero-order chi connectivity index (χ0) is 14.7. The summed E-state index contributed by atoms with van der Waals surface area (Å²) in [6, 6.07) is 15.5. The Kier molecular flexibility index (Phi) is 3.75. The Balaban J connectivity index is 1.81. The van der Waals surface area contributed by atoms with Crippen LogP contribution in [0.3, 0.4) is 0 Å². The van der Waals surface area contributed by atoms with E-state index >= 15 is 0 Å². The Morgan fingerprint density at radius 3 is 2.71 bits per heavy atom. The second-order valence-corrected chi connectivity index (χ2v) is 5.37. The van der Waals surface area contributed by atoms with Crippen molar-refractivity contribution in [3.63, 3.8) is 0 Å². The zero-order valence-corrected chi connectivity index (χ0v) is 12.4. The van der Waals surface area contributed by atoms with Crippen LogP contribution in [0.15, 0.2) is 53.9 Å². The molecule has 5 heteroatoms. The van der Waals surface area contributed by atoms with Gasteiger partial charge < -0.3 is 15.8 Å². The van der Waals surface area contributed by atoms with Gasteiger partial charge in [-0.1, -0.05) is 12.1 Å². The molecule has 0 atom stereocenters. The van der Waals surface area contributed by atoms with Gasteiger partial charge in [-0.3, -0.25) is 0 Å². The molecule has 0 aliphatic heterocycles. The van der Waals surface area contributed by atoms with E-state index in [1.807, 2.05) is 53.9 Å². The van der Waals surface area contributed by atoms with Crippen molar-refractivity contribution in [1.82, 2.24) is 4.98 Å². The predicted octanol–water partition coefficient (Wildman–Crippen LogP) is 4.14. The van der Waals surface area contributed by atoms with Gasteiger partial charge in [0.25, 0.3) is 0 Å². The second kappa shape index (κ2) is 5.85. The van der Waals surface area contributed by atoms with Crippen LogP contribution >= 0.6 is 11.3 Å². The van der Waals surface area contributed by atoms with Crippen molar-refractivity contribution in [3.05, 3.63) is 53.9 Å². The molecule has 1 heterocycles. The van der Waals surface area contributed by atoms with Crippen LogP contribution in [-0.4, -0.2) is 12.1 Å². The average Bonchev–Trinajstić information content (AvgIpc) is 2.98. The highest BCUT2D eigenvalue weighted by molar-refractivity contribution is 7.14. The summed E-state index contributed by atoms with van der Waals surface area (Å²) in [6.45, 7) is 0. The average molecular weight is 297 g/mol. The first kappa shape index (κ1) is 13.5. The topological polar surface area (TPSA) is 60.2 Å². The third-order valence-electron chi connectivity index (χ3n) is 3.03. The third kappa shape index (κ3) is 3.14. The molecular weight excluding hydrogens is 282 g/mol. The molecule has 106 valence electrons. The van der Waals surface area contributed by atoms with Crippen molar-refractivity contribution in [2.75, 3.05) is 18.2 Å². The smallest absolute Gasteiger partial charge is 0.187 e. The number of nitrogens with one attached hydrogen (secondary N) is 1. The van der Waals surface area contributed by atoms with Crippen molar-refractivity contribution in [1.29, 1.82) is 0 Å². The van der Waals surface area contributed by atoms with Crippen molar-refractivity contribution < 1.29 is 4.74 Å². The van der Waals surface area contributed by atoms with Gasteiger partial charge in [-0.15, -0.1) is 11.3 Å². The van der Waals surface area contributed by atoms with E-state index < -0.39 is 0 Å². The van der Waals surface area contributed by atoms with Crippen LogP contribution in [0, 0.1) is 0 Å². The van der Waals surface area contributed by atoms with Gasteiger partial charge in [0.2, 0.25) is 0 Å². The number of nitrogens with zero attached hydrogens (tertiary/aromatic N) is 1. The molecular formula is C16H15N3OS. The standard InChI is InChI=1S/C16H15N3OS/c1-20-14-4-2-3-11(9-14)15-10-21-16(19-15)18-13-7-5-12(17)6-8-13/h2-10H,17H2,1H3,(H,18,19). The van der Waals surface area contributed by atoms with E-state index in [1.54, 1.807) is 18.4 Å². The minimum Gasteiger partial charge on any atom is -0.497 e. The summed E-state index contributed by atoms with van der Waals surface area (Å²) >= 11 is 1.56. The van der Waals surface area contributed by atoms with Gasteiger partial charge in [0.05, 0.1) is 12.8 Å². The second-order valence-electron chi connectivity index (χ2n) is 4.52. The summed E-state index contributed by atoms with van der Waals surface area (Å²) in [5, 5.41) is 6.14. The van der Waals surface area contributed by atoms with Crippen LogP contribution in [-0.2, 0) is 0 Å². The maximum Gasteiger partial charge on any atom is 0.187 e. The number of anilines is 3. The number of aromatic nitrogens is 1. The van der Waals surface area contributed by atoms with E-state index in [4.69, 9.17) is 10.5 Å². The van der Waals surface area contributed by atoms with Crippen molar-refractivity contribution >= 4 is 27.8 Å². The molecule has 0 bridgehead atoms. The molecule has 3 N–H and O–H groups in total. The van der Waals surface area contributed by atoms with Gasteiger partial charge in [-0.25, -0.2) is 4.98 Å². The fourth-order valence-corrected chi connectivity index (χ4v) is 2.68. The van der Waals surface area contributed by atoms with Gasteiger partial charge in [0, 0.05) is 22.3 Å². The molecule has 1 aromatic heterocycles. The number of hydrogen-bond acceptors (Lipinski definition) is 5. The van der Waals surface area contributed by atoms with Crippen LogP contribution in [0.4, 0.5) is 16.5 Å². The van der Waals surface area contributed by atoms with Gasteiger partial charge in [0.1, 0.15) is 5.75 Å². The number of benzene rings is 2. The van der Waals surface area contributed by atoms with Crippen LogP contribution in [0.1, 0.15) is 0 Å². The van der Waals surface area contributed by atoms with E-state index in [1.165, 1.54) is 0 Å². The Labute approximate surface area is 127 Å². The van der Waals surface area contributed by atoms with E-state index in [9.17, 15) is 0 Å². The predicted molar refractivity (Wildman–Crippen MR) is 88.2 cm³/mol. The molecule has 3 aromatic rings. The van der Waals surface area contributed by atoms with Gasteiger partial charge in [-0.2, -0.15) is 0 Å². The molecule has 0 saturated heterocycles. The summed E-state index contributed by atoms with van der Waals surface area (Å²) in [5.74, 6) is 0.827. The fraction of sp³-hybridized carbons (Fsp3) is 0.0625. The normalized spacial score (nSPS) is 10.3. The summed E-state index contributed by atoms with van der Waals surface area (Å²) < 4.78 is 5.24. The van der Waals surface area contributed by atoms with E-state index in [0.29, 0.717) is 0 Å². The molecule has 0 radical (unpaired) electrons. The molecule has 2 aromatic carbocycles. The molecule has 3 rings (SSSR count). The molecule has 0 aliphatic carbocycles. The monoisotopic (exact) mass is 297 g/mol. The minimum absolute atomic E-state index is 0.747. The highest BCUT2D eigenvalue weighted by atomic mass is 32.1. The number of nitrogen functional groups attached to an aromatic ring is 1.